The Morgan fingerprint density at radius 2 is 1.84 bits per heavy atom. The van der Waals surface area contributed by atoms with Crippen molar-refractivity contribution >= 4 is 11.0 Å². The number of para-hydroxylation sites is 1. The predicted octanol–water partition coefficient (Wildman–Crippen LogP) is 4.02. The van der Waals surface area contributed by atoms with E-state index in [2.05, 4.69) is 6.92 Å². The summed E-state index contributed by atoms with van der Waals surface area (Å²) in [5.41, 5.74) is 3.64. The second kappa shape index (κ2) is 4.54. The fourth-order valence-electron chi connectivity index (χ4n) is 2.63. The van der Waals surface area contributed by atoms with Crippen LogP contribution in [0.2, 0.25) is 0 Å². The molecule has 3 rings (SSSR count). The summed E-state index contributed by atoms with van der Waals surface area (Å²) in [5, 5.41) is 0.971. The minimum atomic E-state index is 0.117. The monoisotopic (exact) mass is 252 g/mol. The van der Waals surface area contributed by atoms with E-state index in [9.17, 15) is 4.79 Å². The van der Waals surface area contributed by atoms with Gasteiger partial charge < -0.3 is 4.42 Å². The first kappa shape index (κ1) is 12.0. The first-order chi connectivity index (χ1) is 9.24. The van der Waals surface area contributed by atoms with Crippen LogP contribution >= 0.6 is 0 Å². The lowest BCUT2D eigenvalue weighted by molar-refractivity contribution is 0.617. The molecule has 0 atom stereocenters. The topological polar surface area (TPSA) is 30.2 Å². The lowest BCUT2D eigenvalue weighted by atomic mass is 9.96. The van der Waals surface area contributed by atoms with Crippen molar-refractivity contribution in [3.05, 3.63) is 57.7 Å². The molecule has 2 heteroatoms. The molecule has 96 valence electrons. The average molecular weight is 252 g/mol. The normalized spacial score (nSPS) is 11.3. The molecule has 1 aromatic carbocycles. The molecule has 19 heavy (non-hydrogen) atoms. The highest BCUT2D eigenvalue weighted by molar-refractivity contribution is 5.83. The Morgan fingerprint density at radius 3 is 2.58 bits per heavy atom. The molecule has 2 nitrogen and oxygen atoms in total. The molecule has 1 aliphatic carbocycles. The van der Waals surface area contributed by atoms with Gasteiger partial charge in [0, 0.05) is 10.9 Å². The van der Waals surface area contributed by atoms with Crippen molar-refractivity contribution < 1.29 is 4.42 Å². The Hall–Kier alpha value is -2.09. The van der Waals surface area contributed by atoms with E-state index in [1.807, 2.05) is 43.3 Å². The van der Waals surface area contributed by atoms with Crippen molar-refractivity contribution in [1.82, 2.24) is 0 Å². The zero-order chi connectivity index (χ0) is 13.4. The maximum atomic E-state index is 12.5. The molecule has 0 N–H and O–H groups in total. The van der Waals surface area contributed by atoms with E-state index in [4.69, 9.17) is 4.42 Å². The number of hydrogen-bond donors (Lipinski definition) is 0. The molecule has 1 aromatic rings. The van der Waals surface area contributed by atoms with E-state index in [-0.39, 0.29) is 5.43 Å². The molecule has 0 bridgehead atoms. The van der Waals surface area contributed by atoms with Crippen molar-refractivity contribution in [1.29, 1.82) is 0 Å². The summed E-state index contributed by atoms with van der Waals surface area (Å²) in [6.45, 7) is 4.10. The van der Waals surface area contributed by atoms with Gasteiger partial charge in [-0.3, -0.25) is 4.79 Å². The lowest BCUT2D eigenvalue weighted by Crippen LogP contribution is -2.14. The van der Waals surface area contributed by atoms with Gasteiger partial charge in [0.15, 0.2) is 5.43 Å². The zero-order valence-corrected chi connectivity index (χ0v) is 11.2. The summed E-state index contributed by atoms with van der Waals surface area (Å²) >= 11 is 0. The van der Waals surface area contributed by atoms with Crippen LogP contribution in [0, 0.1) is 0 Å². The molecule has 1 heterocycles. The summed E-state index contributed by atoms with van der Waals surface area (Å²) in [6, 6.07) is 11.7. The van der Waals surface area contributed by atoms with E-state index >= 15 is 0 Å². The summed E-state index contributed by atoms with van der Waals surface area (Å²) in [6.07, 6.45) is 1.63. The van der Waals surface area contributed by atoms with Crippen molar-refractivity contribution in [2.75, 3.05) is 0 Å². The summed E-state index contributed by atoms with van der Waals surface area (Å²) in [7, 11) is 0. The van der Waals surface area contributed by atoms with Crippen LogP contribution in [-0.4, -0.2) is 0 Å². The first-order valence-corrected chi connectivity index (χ1v) is 6.72. The van der Waals surface area contributed by atoms with Crippen LogP contribution in [-0.2, 0) is 12.8 Å². The SMILES string of the molecule is CCc1cc2oc3ccccc3cc-2c(=O)c1CC. The molecule has 2 aliphatic rings. The van der Waals surface area contributed by atoms with Crippen molar-refractivity contribution in [3.8, 4) is 11.3 Å². The van der Waals surface area contributed by atoms with Crippen LogP contribution in [0.4, 0.5) is 0 Å². The molecule has 0 spiro atoms. The van der Waals surface area contributed by atoms with Gasteiger partial charge in [0.05, 0.1) is 5.56 Å². The second-order valence-electron chi connectivity index (χ2n) is 4.75. The Bertz CT molecular complexity index is 768. The molecule has 0 amide bonds. The molecule has 1 aliphatic heterocycles. The van der Waals surface area contributed by atoms with Crippen LogP contribution < -0.4 is 5.43 Å². The molecule has 0 saturated heterocycles. The standard InChI is InChI=1S/C17H16O2/c1-3-11-10-16-14(17(18)13(11)4-2)9-12-7-5-6-8-15(12)19-16/h5-10H,3-4H2,1-2H3. The fourth-order valence-corrected chi connectivity index (χ4v) is 2.63. The van der Waals surface area contributed by atoms with Crippen LogP contribution in [0.5, 0.6) is 0 Å². The second-order valence-corrected chi connectivity index (χ2v) is 4.75. The van der Waals surface area contributed by atoms with Gasteiger partial charge in [0.1, 0.15) is 11.3 Å². The molecular formula is C17H16O2. The third kappa shape index (κ3) is 1.84. The minimum Gasteiger partial charge on any atom is -0.456 e. The molecular weight excluding hydrogens is 236 g/mol. The Morgan fingerprint density at radius 1 is 1.05 bits per heavy atom. The maximum Gasteiger partial charge on any atom is 0.193 e. The van der Waals surface area contributed by atoms with Crippen LogP contribution in [0.25, 0.3) is 22.3 Å². The minimum absolute atomic E-state index is 0.117. The van der Waals surface area contributed by atoms with Gasteiger partial charge in [-0.05, 0) is 36.6 Å². The van der Waals surface area contributed by atoms with Crippen LogP contribution in [0.1, 0.15) is 25.0 Å². The van der Waals surface area contributed by atoms with Gasteiger partial charge in [-0.25, -0.2) is 0 Å². The number of hydrogen-bond acceptors (Lipinski definition) is 2. The van der Waals surface area contributed by atoms with Crippen LogP contribution in [0.3, 0.4) is 0 Å². The van der Waals surface area contributed by atoms with E-state index in [0.717, 1.165) is 34.9 Å². The number of fused-ring (bicyclic) bond motifs is 2. The average Bonchev–Trinajstić information content (AvgIpc) is 2.45. The van der Waals surface area contributed by atoms with E-state index < -0.39 is 0 Å². The number of aryl methyl sites for hydroxylation is 1. The number of rotatable bonds is 2. The van der Waals surface area contributed by atoms with E-state index in [1.54, 1.807) is 0 Å². The van der Waals surface area contributed by atoms with Gasteiger partial charge in [-0.15, -0.1) is 0 Å². The van der Waals surface area contributed by atoms with Gasteiger partial charge >= 0.3 is 0 Å². The molecule has 0 saturated carbocycles. The predicted molar refractivity (Wildman–Crippen MR) is 77.9 cm³/mol. The largest absolute Gasteiger partial charge is 0.456 e. The Labute approximate surface area is 112 Å². The van der Waals surface area contributed by atoms with E-state index in [1.165, 1.54) is 0 Å². The van der Waals surface area contributed by atoms with Crippen molar-refractivity contribution in [2.45, 2.75) is 26.7 Å². The van der Waals surface area contributed by atoms with Gasteiger partial charge in [0.25, 0.3) is 0 Å². The van der Waals surface area contributed by atoms with Crippen molar-refractivity contribution in [2.24, 2.45) is 0 Å². The highest BCUT2D eigenvalue weighted by atomic mass is 16.3. The van der Waals surface area contributed by atoms with Gasteiger partial charge in [-0.1, -0.05) is 32.0 Å². The quantitative estimate of drug-likeness (QED) is 0.645. The molecule has 0 fully saturated rings. The van der Waals surface area contributed by atoms with Gasteiger partial charge in [0.2, 0.25) is 0 Å². The zero-order valence-electron chi connectivity index (χ0n) is 11.2. The number of benzene rings is 2. The first-order valence-electron chi connectivity index (χ1n) is 6.72. The van der Waals surface area contributed by atoms with Crippen LogP contribution in [0.15, 0.2) is 45.6 Å². The van der Waals surface area contributed by atoms with Crippen molar-refractivity contribution in [3.63, 3.8) is 0 Å². The third-order valence-corrected chi connectivity index (χ3v) is 3.65. The Kier molecular flexibility index (Phi) is 2.86. The van der Waals surface area contributed by atoms with E-state index in [0.29, 0.717) is 11.3 Å². The summed E-state index contributed by atoms with van der Waals surface area (Å²) in [4.78, 5) is 12.5. The molecule has 0 radical (unpaired) electrons. The van der Waals surface area contributed by atoms with Gasteiger partial charge in [-0.2, -0.15) is 0 Å². The highest BCUT2D eigenvalue weighted by Gasteiger charge is 2.16. The maximum absolute atomic E-state index is 12.5. The molecule has 0 aromatic heterocycles. The summed E-state index contributed by atoms with van der Waals surface area (Å²) < 4.78 is 5.87. The lowest BCUT2D eigenvalue weighted by Gasteiger charge is -2.11. The smallest absolute Gasteiger partial charge is 0.193 e. The fraction of sp³-hybridized carbons (Fsp3) is 0.235. The summed E-state index contributed by atoms with van der Waals surface area (Å²) in [5.74, 6) is 0.692. The Balaban J connectivity index is 2.45. The highest BCUT2D eigenvalue weighted by Crippen LogP contribution is 2.27. The third-order valence-electron chi connectivity index (χ3n) is 3.65. The molecule has 0 unspecified atom stereocenters.